The molecule has 0 amide bonds. The summed E-state index contributed by atoms with van der Waals surface area (Å²) in [4.78, 5) is 11.6. The topological polar surface area (TPSA) is 30.2 Å². The Morgan fingerprint density at radius 2 is 2.00 bits per heavy atom. The van der Waals surface area contributed by atoms with E-state index in [9.17, 15) is 4.79 Å². The van der Waals surface area contributed by atoms with E-state index in [-0.39, 0.29) is 5.43 Å². The van der Waals surface area contributed by atoms with Crippen molar-refractivity contribution in [3.8, 4) is 11.1 Å². The number of fused-ring (bicyclic) bond motifs is 1. The third-order valence-corrected chi connectivity index (χ3v) is 3.20. The lowest BCUT2D eigenvalue weighted by Gasteiger charge is -1.99. The predicted molar refractivity (Wildman–Crippen MR) is 65.8 cm³/mol. The molecule has 2 nitrogen and oxygen atoms in total. The highest BCUT2D eigenvalue weighted by atomic mass is 32.1. The van der Waals surface area contributed by atoms with Crippen LogP contribution in [-0.4, -0.2) is 0 Å². The fraction of sp³-hybridized carbons (Fsp3) is 0. The summed E-state index contributed by atoms with van der Waals surface area (Å²) < 4.78 is 5.27. The SMILES string of the molecule is O=c1ccoc2ccc(-c3ccsc3)cc12. The number of benzene rings is 1. The van der Waals surface area contributed by atoms with Gasteiger partial charge in [0.2, 0.25) is 0 Å². The molecule has 3 heteroatoms. The Hall–Kier alpha value is -1.87. The van der Waals surface area contributed by atoms with Gasteiger partial charge < -0.3 is 4.42 Å². The van der Waals surface area contributed by atoms with Gasteiger partial charge in [0.1, 0.15) is 5.58 Å². The molecule has 0 saturated heterocycles. The molecule has 0 aliphatic carbocycles. The van der Waals surface area contributed by atoms with Gasteiger partial charge >= 0.3 is 0 Å². The second-order valence-corrected chi connectivity index (χ2v) is 4.29. The highest BCUT2D eigenvalue weighted by Gasteiger charge is 2.03. The van der Waals surface area contributed by atoms with Crippen molar-refractivity contribution < 1.29 is 4.42 Å². The molecule has 0 radical (unpaired) electrons. The quantitative estimate of drug-likeness (QED) is 0.638. The number of hydrogen-bond donors (Lipinski definition) is 0. The molecule has 0 spiro atoms. The van der Waals surface area contributed by atoms with Crippen LogP contribution in [0.25, 0.3) is 22.1 Å². The molecule has 3 aromatic rings. The lowest BCUT2D eigenvalue weighted by Crippen LogP contribution is -1.97. The Labute approximate surface area is 95.8 Å². The van der Waals surface area contributed by atoms with Gasteiger partial charge in [-0.05, 0) is 40.1 Å². The van der Waals surface area contributed by atoms with E-state index in [4.69, 9.17) is 4.42 Å². The van der Waals surface area contributed by atoms with E-state index >= 15 is 0 Å². The van der Waals surface area contributed by atoms with Crippen molar-refractivity contribution in [1.82, 2.24) is 0 Å². The van der Waals surface area contributed by atoms with Crippen LogP contribution in [0.3, 0.4) is 0 Å². The molecule has 0 atom stereocenters. The van der Waals surface area contributed by atoms with Crippen LogP contribution in [-0.2, 0) is 0 Å². The summed E-state index contributed by atoms with van der Waals surface area (Å²) in [6, 6.07) is 9.16. The molecule has 0 N–H and O–H groups in total. The fourth-order valence-electron chi connectivity index (χ4n) is 1.69. The molecule has 16 heavy (non-hydrogen) atoms. The molecule has 0 fully saturated rings. The lowest BCUT2D eigenvalue weighted by molar-refractivity contribution is 0.602. The van der Waals surface area contributed by atoms with Gasteiger partial charge in [-0.1, -0.05) is 6.07 Å². The number of rotatable bonds is 1. The second-order valence-electron chi connectivity index (χ2n) is 3.51. The summed E-state index contributed by atoms with van der Waals surface area (Å²) in [5.41, 5.74) is 2.81. The zero-order valence-electron chi connectivity index (χ0n) is 8.34. The third kappa shape index (κ3) is 1.46. The Bertz CT molecular complexity index is 680. The first-order valence-corrected chi connectivity index (χ1v) is 5.83. The molecular formula is C13H8O2S. The van der Waals surface area contributed by atoms with Crippen molar-refractivity contribution in [3.05, 3.63) is 57.6 Å². The first-order chi connectivity index (χ1) is 7.84. The minimum absolute atomic E-state index is 0.00155. The average molecular weight is 228 g/mol. The first-order valence-electron chi connectivity index (χ1n) is 4.89. The molecule has 0 bridgehead atoms. The predicted octanol–water partition coefficient (Wildman–Crippen LogP) is 3.52. The van der Waals surface area contributed by atoms with Gasteiger partial charge in [-0.3, -0.25) is 4.79 Å². The van der Waals surface area contributed by atoms with Crippen molar-refractivity contribution in [2.75, 3.05) is 0 Å². The number of thiophene rings is 1. The summed E-state index contributed by atoms with van der Waals surface area (Å²) in [5.74, 6) is 0. The van der Waals surface area contributed by atoms with Crippen molar-refractivity contribution in [3.63, 3.8) is 0 Å². The Morgan fingerprint density at radius 3 is 2.81 bits per heavy atom. The van der Waals surface area contributed by atoms with Crippen LogP contribution in [0.5, 0.6) is 0 Å². The molecule has 0 aliphatic heterocycles. The highest BCUT2D eigenvalue weighted by molar-refractivity contribution is 7.08. The summed E-state index contributed by atoms with van der Waals surface area (Å²) >= 11 is 1.64. The maximum absolute atomic E-state index is 11.6. The minimum Gasteiger partial charge on any atom is -0.464 e. The van der Waals surface area contributed by atoms with Crippen LogP contribution < -0.4 is 5.43 Å². The fourth-order valence-corrected chi connectivity index (χ4v) is 2.36. The van der Waals surface area contributed by atoms with Gasteiger partial charge in [0.25, 0.3) is 0 Å². The molecule has 3 rings (SSSR count). The molecule has 78 valence electrons. The summed E-state index contributed by atoms with van der Waals surface area (Å²) in [7, 11) is 0. The van der Waals surface area contributed by atoms with Gasteiger partial charge in [0.05, 0.1) is 11.6 Å². The zero-order chi connectivity index (χ0) is 11.0. The molecule has 2 heterocycles. The summed E-state index contributed by atoms with van der Waals surface area (Å²) in [6.07, 6.45) is 1.43. The molecular weight excluding hydrogens is 220 g/mol. The third-order valence-electron chi connectivity index (χ3n) is 2.51. The van der Waals surface area contributed by atoms with E-state index < -0.39 is 0 Å². The van der Waals surface area contributed by atoms with Gasteiger partial charge in [-0.2, -0.15) is 11.3 Å². The van der Waals surface area contributed by atoms with Crippen molar-refractivity contribution in [1.29, 1.82) is 0 Å². The second kappa shape index (κ2) is 3.61. The van der Waals surface area contributed by atoms with Crippen LogP contribution in [0.1, 0.15) is 0 Å². The van der Waals surface area contributed by atoms with Gasteiger partial charge in [-0.25, -0.2) is 0 Å². The standard InChI is InChI=1S/C13H8O2S/c14-12-3-5-15-13-2-1-9(7-11(12)13)10-4-6-16-8-10/h1-8H. The number of hydrogen-bond acceptors (Lipinski definition) is 3. The van der Waals surface area contributed by atoms with Crippen LogP contribution in [0.15, 0.2) is 56.6 Å². The average Bonchev–Trinajstić information content (AvgIpc) is 2.83. The Kier molecular flexibility index (Phi) is 2.11. The van der Waals surface area contributed by atoms with E-state index in [1.54, 1.807) is 11.3 Å². The van der Waals surface area contributed by atoms with Crippen LogP contribution in [0.4, 0.5) is 0 Å². The summed E-state index contributed by atoms with van der Waals surface area (Å²) in [5, 5.41) is 4.71. The van der Waals surface area contributed by atoms with Crippen molar-refractivity contribution in [2.24, 2.45) is 0 Å². The molecule has 0 unspecified atom stereocenters. The van der Waals surface area contributed by atoms with Crippen LogP contribution >= 0.6 is 11.3 Å². The zero-order valence-corrected chi connectivity index (χ0v) is 9.16. The van der Waals surface area contributed by atoms with Crippen molar-refractivity contribution in [2.45, 2.75) is 0 Å². The maximum atomic E-state index is 11.6. The smallest absolute Gasteiger partial charge is 0.192 e. The highest BCUT2D eigenvalue weighted by Crippen LogP contribution is 2.24. The largest absolute Gasteiger partial charge is 0.464 e. The Morgan fingerprint density at radius 1 is 1.06 bits per heavy atom. The van der Waals surface area contributed by atoms with E-state index in [0.29, 0.717) is 11.0 Å². The molecule has 0 aliphatic rings. The summed E-state index contributed by atoms with van der Waals surface area (Å²) in [6.45, 7) is 0. The first kappa shape index (κ1) is 9.36. The van der Waals surface area contributed by atoms with Crippen LogP contribution in [0.2, 0.25) is 0 Å². The molecule has 1 aromatic carbocycles. The molecule has 2 aromatic heterocycles. The molecule has 0 saturated carbocycles. The minimum atomic E-state index is -0.00155. The van der Waals surface area contributed by atoms with Gasteiger partial charge in [0, 0.05) is 6.07 Å². The van der Waals surface area contributed by atoms with Gasteiger partial charge in [0.15, 0.2) is 5.43 Å². The van der Waals surface area contributed by atoms with Crippen molar-refractivity contribution >= 4 is 22.3 Å². The van der Waals surface area contributed by atoms with Crippen LogP contribution in [0, 0.1) is 0 Å². The maximum Gasteiger partial charge on any atom is 0.192 e. The van der Waals surface area contributed by atoms with E-state index in [2.05, 4.69) is 5.38 Å². The normalized spacial score (nSPS) is 10.8. The monoisotopic (exact) mass is 228 g/mol. The van der Waals surface area contributed by atoms with Gasteiger partial charge in [-0.15, -0.1) is 0 Å². The van der Waals surface area contributed by atoms with E-state index in [0.717, 1.165) is 11.1 Å². The van der Waals surface area contributed by atoms with E-state index in [1.165, 1.54) is 12.3 Å². The lowest BCUT2D eigenvalue weighted by atomic mass is 10.1. The Balaban J connectivity index is 2.31. The van der Waals surface area contributed by atoms with E-state index in [1.807, 2.05) is 29.6 Å².